The molecule has 0 atom stereocenters. The summed E-state index contributed by atoms with van der Waals surface area (Å²) in [5, 5.41) is 2.56. The molecule has 0 bridgehead atoms. The highest BCUT2D eigenvalue weighted by Crippen LogP contribution is 2.17. The second kappa shape index (κ2) is 4.63. The van der Waals surface area contributed by atoms with Crippen molar-refractivity contribution in [1.82, 2.24) is 4.98 Å². The summed E-state index contributed by atoms with van der Waals surface area (Å²) in [5.41, 5.74) is 1.53. The van der Waals surface area contributed by atoms with Crippen molar-refractivity contribution in [3.63, 3.8) is 0 Å². The second-order valence-electron chi connectivity index (χ2n) is 3.14. The average Bonchev–Trinajstić information content (AvgIpc) is 2.46. The molecule has 0 unspecified atom stereocenters. The lowest BCUT2D eigenvalue weighted by molar-refractivity contribution is -0.114. The molecule has 1 heterocycles. The number of carbonyl (C=O) groups is 2. The van der Waals surface area contributed by atoms with Crippen molar-refractivity contribution < 1.29 is 14.3 Å². The number of H-pyrrole nitrogens is 1. The molecule has 0 spiro atoms. The van der Waals surface area contributed by atoms with E-state index in [1.165, 1.54) is 6.92 Å². The lowest BCUT2D eigenvalue weighted by atomic mass is 10.3. The number of hydrogen-bond acceptors (Lipinski definition) is 3. The van der Waals surface area contributed by atoms with E-state index in [1.807, 2.05) is 0 Å². The molecule has 0 fully saturated rings. The zero-order valence-corrected chi connectivity index (χ0v) is 9.01. The molecule has 5 heteroatoms. The van der Waals surface area contributed by atoms with E-state index < -0.39 is 5.97 Å². The van der Waals surface area contributed by atoms with Crippen molar-refractivity contribution in [2.75, 3.05) is 11.9 Å². The van der Waals surface area contributed by atoms with Crippen LogP contribution in [0.1, 0.15) is 30.0 Å². The fraction of sp³-hybridized carbons (Fsp3) is 0.400. The minimum atomic E-state index is -0.464. The number of anilines is 1. The van der Waals surface area contributed by atoms with Gasteiger partial charge in [0, 0.05) is 12.6 Å². The Morgan fingerprint density at radius 3 is 2.73 bits per heavy atom. The number of nitrogens with one attached hydrogen (secondary N) is 2. The number of aryl methyl sites for hydroxylation is 1. The fourth-order valence-corrected chi connectivity index (χ4v) is 1.24. The molecule has 5 nitrogen and oxygen atoms in total. The number of aromatic nitrogens is 1. The van der Waals surface area contributed by atoms with Crippen LogP contribution in [0.25, 0.3) is 0 Å². The van der Waals surface area contributed by atoms with Gasteiger partial charge in [0.05, 0.1) is 12.3 Å². The van der Waals surface area contributed by atoms with Crippen LogP contribution < -0.4 is 5.32 Å². The molecule has 15 heavy (non-hydrogen) atoms. The van der Waals surface area contributed by atoms with Crippen LogP contribution in [0.3, 0.4) is 0 Å². The fourth-order valence-electron chi connectivity index (χ4n) is 1.24. The summed E-state index contributed by atoms with van der Waals surface area (Å²) in [5.74, 6) is -0.686. The third-order valence-electron chi connectivity index (χ3n) is 1.74. The first kappa shape index (κ1) is 11.3. The first-order valence-corrected chi connectivity index (χ1v) is 4.69. The topological polar surface area (TPSA) is 71.2 Å². The predicted molar refractivity (Wildman–Crippen MR) is 55.8 cm³/mol. The van der Waals surface area contributed by atoms with Crippen molar-refractivity contribution in [2.45, 2.75) is 20.8 Å². The Hall–Kier alpha value is -1.78. The zero-order chi connectivity index (χ0) is 11.4. The maximum Gasteiger partial charge on any atom is 0.356 e. The van der Waals surface area contributed by atoms with Gasteiger partial charge in [-0.1, -0.05) is 0 Å². The molecule has 0 aromatic carbocycles. The lowest BCUT2D eigenvalue weighted by Gasteiger charge is -2.03. The number of aromatic amines is 1. The van der Waals surface area contributed by atoms with Crippen molar-refractivity contribution in [2.24, 2.45) is 0 Å². The Morgan fingerprint density at radius 1 is 1.53 bits per heavy atom. The van der Waals surface area contributed by atoms with Crippen LogP contribution in [0, 0.1) is 6.92 Å². The summed E-state index contributed by atoms with van der Waals surface area (Å²) < 4.78 is 4.84. The minimum Gasteiger partial charge on any atom is -0.461 e. The highest BCUT2D eigenvalue weighted by Gasteiger charge is 2.15. The van der Waals surface area contributed by atoms with E-state index in [4.69, 9.17) is 4.74 Å². The van der Waals surface area contributed by atoms with Gasteiger partial charge < -0.3 is 15.0 Å². The Kier molecular flexibility index (Phi) is 3.49. The molecule has 1 aromatic rings. The van der Waals surface area contributed by atoms with E-state index in [1.54, 1.807) is 19.9 Å². The number of esters is 1. The van der Waals surface area contributed by atoms with E-state index in [2.05, 4.69) is 10.3 Å². The quantitative estimate of drug-likeness (QED) is 0.742. The van der Waals surface area contributed by atoms with Crippen LogP contribution in [-0.4, -0.2) is 23.5 Å². The third kappa shape index (κ3) is 2.83. The van der Waals surface area contributed by atoms with E-state index in [9.17, 15) is 9.59 Å². The maximum atomic E-state index is 11.5. The van der Waals surface area contributed by atoms with Gasteiger partial charge in [-0.15, -0.1) is 0 Å². The highest BCUT2D eigenvalue weighted by molar-refractivity contribution is 5.99. The standard InChI is InChI=1S/C10H14N2O3/c1-4-15-10(14)9-8(12-7(3)13)5-6(2)11-9/h5,11H,4H2,1-3H3,(H,12,13). The van der Waals surface area contributed by atoms with Crippen molar-refractivity contribution in [3.8, 4) is 0 Å². The molecule has 1 aromatic heterocycles. The highest BCUT2D eigenvalue weighted by atomic mass is 16.5. The number of carbonyl (C=O) groups excluding carboxylic acids is 2. The molecule has 1 amide bonds. The first-order valence-electron chi connectivity index (χ1n) is 4.69. The molecule has 0 radical (unpaired) electrons. The molecule has 0 saturated heterocycles. The van der Waals surface area contributed by atoms with Crippen LogP contribution in [0.5, 0.6) is 0 Å². The van der Waals surface area contributed by atoms with Gasteiger partial charge >= 0.3 is 5.97 Å². The Morgan fingerprint density at radius 2 is 2.20 bits per heavy atom. The Labute approximate surface area is 87.8 Å². The van der Waals surface area contributed by atoms with Gasteiger partial charge in [-0.3, -0.25) is 4.79 Å². The predicted octanol–water partition coefficient (Wildman–Crippen LogP) is 1.46. The van der Waals surface area contributed by atoms with E-state index in [0.717, 1.165) is 5.69 Å². The van der Waals surface area contributed by atoms with Crippen LogP contribution in [0.2, 0.25) is 0 Å². The van der Waals surface area contributed by atoms with Gasteiger partial charge in [0.1, 0.15) is 5.69 Å². The lowest BCUT2D eigenvalue weighted by Crippen LogP contribution is -2.12. The molecule has 0 aliphatic heterocycles. The van der Waals surface area contributed by atoms with E-state index >= 15 is 0 Å². The summed E-state index contributed by atoms with van der Waals surface area (Å²) in [6, 6.07) is 1.69. The maximum absolute atomic E-state index is 11.5. The molecule has 2 N–H and O–H groups in total. The molecular weight excluding hydrogens is 196 g/mol. The molecular formula is C10H14N2O3. The second-order valence-corrected chi connectivity index (χ2v) is 3.14. The first-order chi connectivity index (χ1) is 7.04. The van der Waals surface area contributed by atoms with Crippen molar-refractivity contribution in [3.05, 3.63) is 17.5 Å². The largest absolute Gasteiger partial charge is 0.461 e. The van der Waals surface area contributed by atoms with Crippen LogP contribution >= 0.6 is 0 Å². The van der Waals surface area contributed by atoms with Gasteiger partial charge in [-0.25, -0.2) is 4.79 Å². The molecule has 1 rings (SSSR count). The summed E-state index contributed by atoms with van der Waals surface area (Å²) in [7, 11) is 0. The van der Waals surface area contributed by atoms with Gasteiger partial charge in [0.25, 0.3) is 0 Å². The number of ether oxygens (including phenoxy) is 1. The van der Waals surface area contributed by atoms with Gasteiger partial charge in [-0.05, 0) is 19.9 Å². The van der Waals surface area contributed by atoms with Crippen LogP contribution in [-0.2, 0) is 9.53 Å². The van der Waals surface area contributed by atoms with Gasteiger partial charge in [-0.2, -0.15) is 0 Å². The van der Waals surface area contributed by atoms with Gasteiger partial charge in [0.2, 0.25) is 5.91 Å². The van der Waals surface area contributed by atoms with E-state index in [-0.39, 0.29) is 11.6 Å². The average molecular weight is 210 g/mol. The molecule has 0 aliphatic carbocycles. The number of rotatable bonds is 3. The summed E-state index contributed by atoms with van der Waals surface area (Å²) in [4.78, 5) is 25.2. The summed E-state index contributed by atoms with van der Waals surface area (Å²) in [6.45, 7) is 5.22. The summed E-state index contributed by atoms with van der Waals surface area (Å²) >= 11 is 0. The third-order valence-corrected chi connectivity index (χ3v) is 1.74. The Balaban J connectivity index is 2.95. The van der Waals surface area contributed by atoms with E-state index in [0.29, 0.717) is 12.3 Å². The summed E-state index contributed by atoms with van der Waals surface area (Å²) in [6.07, 6.45) is 0. The Bertz CT molecular complexity index is 382. The number of amides is 1. The van der Waals surface area contributed by atoms with Crippen molar-refractivity contribution >= 4 is 17.6 Å². The molecule has 82 valence electrons. The van der Waals surface area contributed by atoms with Crippen molar-refractivity contribution in [1.29, 1.82) is 0 Å². The molecule has 0 aliphatic rings. The smallest absolute Gasteiger partial charge is 0.356 e. The molecule has 0 saturated carbocycles. The van der Waals surface area contributed by atoms with Gasteiger partial charge in [0.15, 0.2) is 0 Å². The number of hydrogen-bond donors (Lipinski definition) is 2. The zero-order valence-electron chi connectivity index (χ0n) is 9.01. The normalized spacial score (nSPS) is 9.80. The monoisotopic (exact) mass is 210 g/mol. The van der Waals surface area contributed by atoms with Crippen LogP contribution in [0.15, 0.2) is 6.07 Å². The van der Waals surface area contributed by atoms with Crippen LogP contribution in [0.4, 0.5) is 5.69 Å². The SMILES string of the molecule is CCOC(=O)c1[nH]c(C)cc1NC(C)=O. The minimum absolute atomic E-state index is 0.223.